The number of Topliss-reactive ketones (excluding diaryl/α,β-unsaturated/α-hetero) is 1. The van der Waals surface area contributed by atoms with Crippen LogP contribution >= 0.6 is 0 Å². The predicted octanol–water partition coefficient (Wildman–Crippen LogP) is 2.28. The zero-order valence-corrected chi connectivity index (χ0v) is 18.8. The number of hydrogen-bond acceptors (Lipinski definition) is 4. The number of carbonyl (C=O) groups excluding carboxylic acids is 4. The van der Waals surface area contributed by atoms with Gasteiger partial charge in [0.15, 0.2) is 5.78 Å². The molecule has 2 saturated heterocycles. The van der Waals surface area contributed by atoms with E-state index in [0.29, 0.717) is 44.7 Å². The van der Waals surface area contributed by atoms with Crippen molar-refractivity contribution < 1.29 is 19.2 Å². The number of benzene rings is 1. The molecular formula is C24H33N3O4. The van der Waals surface area contributed by atoms with Crippen molar-refractivity contribution in [3.05, 3.63) is 35.4 Å². The quantitative estimate of drug-likeness (QED) is 0.653. The van der Waals surface area contributed by atoms with E-state index in [0.717, 1.165) is 5.56 Å². The summed E-state index contributed by atoms with van der Waals surface area (Å²) in [6.45, 7) is 8.50. The molecule has 31 heavy (non-hydrogen) atoms. The maximum absolute atomic E-state index is 12.9. The molecule has 2 aliphatic heterocycles. The molecule has 1 aromatic rings. The standard InChI is InChI=1S/C24H33N3O4/c1-17(2)27-16-20(15-23(27)30)24(31)26-12-4-11-25(13-14-26)22(29)10-9-21(28)19-7-5-18(3)6-8-19/h5-8,17,20H,4,9-16H2,1-3H3. The highest BCUT2D eigenvalue weighted by Gasteiger charge is 2.37. The van der Waals surface area contributed by atoms with Crippen LogP contribution < -0.4 is 0 Å². The number of amides is 3. The van der Waals surface area contributed by atoms with Gasteiger partial charge in [-0.25, -0.2) is 0 Å². The molecular weight excluding hydrogens is 394 g/mol. The van der Waals surface area contributed by atoms with Crippen LogP contribution in [0.4, 0.5) is 0 Å². The highest BCUT2D eigenvalue weighted by molar-refractivity contribution is 5.98. The van der Waals surface area contributed by atoms with Crippen LogP contribution in [-0.4, -0.2) is 77.0 Å². The first-order valence-corrected chi connectivity index (χ1v) is 11.2. The molecule has 1 aromatic carbocycles. The Morgan fingerprint density at radius 2 is 1.61 bits per heavy atom. The SMILES string of the molecule is Cc1ccc(C(=O)CCC(=O)N2CCCN(C(=O)C3CC(=O)N(C(C)C)C3)CC2)cc1. The van der Waals surface area contributed by atoms with Gasteiger partial charge >= 0.3 is 0 Å². The molecule has 0 spiro atoms. The van der Waals surface area contributed by atoms with E-state index in [1.54, 1.807) is 26.8 Å². The van der Waals surface area contributed by atoms with E-state index in [4.69, 9.17) is 0 Å². The summed E-state index contributed by atoms with van der Waals surface area (Å²) in [6.07, 6.45) is 1.35. The number of carbonyl (C=O) groups is 4. The number of nitrogens with zero attached hydrogens (tertiary/aromatic N) is 3. The minimum atomic E-state index is -0.288. The summed E-state index contributed by atoms with van der Waals surface area (Å²) in [4.78, 5) is 55.4. The average molecular weight is 428 g/mol. The van der Waals surface area contributed by atoms with Crippen molar-refractivity contribution in [2.45, 2.75) is 52.5 Å². The van der Waals surface area contributed by atoms with E-state index < -0.39 is 0 Å². The third kappa shape index (κ3) is 5.71. The first-order chi connectivity index (χ1) is 14.8. The normalized spacial score (nSPS) is 19.7. The Morgan fingerprint density at radius 1 is 0.968 bits per heavy atom. The summed E-state index contributed by atoms with van der Waals surface area (Å²) in [6, 6.07) is 7.49. The van der Waals surface area contributed by atoms with E-state index in [2.05, 4.69) is 0 Å². The van der Waals surface area contributed by atoms with E-state index in [1.165, 1.54) is 0 Å². The van der Waals surface area contributed by atoms with Crippen LogP contribution in [0.5, 0.6) is 0 Å². The maximum atomic E-state index is 12.9. The second-order valence-corrected chi connectivity index (χ2v) is 8.89. The van der Waals surface area contributed by atoms with Gasteiger partial charge in [-0.05, 0) is 27.2 Å². The van der Waals surface area contributed by atoms with E-state index in [9.17, 15) is 19.2 Å². The molecule has 1 atom stereocenters. The molecule has 0 N–H and O–H groups in total. The minimum absolute atomic E-state index is 0.0142. The maximum Gasteiger partial charge on any atom is 0.228 e. The molecule has 0 aliphatic carbocycles. The molecule has 0 bridgehead atoms. The summed E-state index contributed by atoms with van der Waals surface area (Å²) < 4.78 is 0. The van der Waals surface area contributed by atoms with Gasteiger partial charge < -0.3 is 14.7 Å². The average Bonchev–Trinajstić information content (AvgIpc) is 2.97. The molecule has 0 aromatic heterocycles. The summed E-state index contributed by atoms with van der Waals surface area (Å²) in [5.41, 5.74) is 1.72. The van der Waals surface area contributed by atoms with Crippen molar-refractivity contribution in [3.63, 3.8) is 0 Å². The Morgan fingerprint density at radius 3 is 2.26 bits per heavy atom. The van der Waals surface area contributed by atoms with E-state index in [-0.39, 0.29) is 54.7 Å². The lowest BCUT2D eigenvalue weighted by atomic mass is 10.0. The summed E-state index contributed by atoms with van der Waals surface area (Å²) in [5, 5.41) is 0. The van der Waals surface area contributed by atoms with Crippen LogP contribution in [-0.2, 0) is 14.4 Å². The van der Waals surface area contributed by atoms with Gasteiger partial charge in [-0.2, -0.15) is 0 Å². The molecule has 2 aliphatic rings. The zero-order valence-electron chi connectivity index (χ0n) is 18.8. The van der Waals surface area contributed by atoms with Gasteiger partial charge in [0, 0.05) is 63.6 Å². The number of aryl methyl sites for hydroxylation is 1. The topological polar surface area (TPSA) is 78.0 Å². The zero-order chi connectivity index (χ0) is 22.5. The molecule has 2 fully saturated rings. The lowest BCUT2D eigenvalue weighted by molar-refractivity contribution is -0.136. The predicted molar refractivity (Wildman–Crippen MR) is 117 cm³/mol. The van der Waals surface area contributed by atoms with Gasteiger partial charge in [-0.15, -0.1) is 0 Å². The number of hydrogen-bond donors (Lipinski definition) is 0. The fraction of sp³-hybridized carbons (Fsp3) is 0.583. The summed E-state index contributed by atoms with van der Waals surface area (Å²) in [5.74, 6) is -0.305. The first-order valence-electron chi connectivity index (χ1n) is 11.2. The minimum Gasteiger partial charge on any atom is -0.341 e. The van der Waals surface area contributed by atoms with Crippen LogP contribution in [0, 0.1) is 12.8 Å². The third-order valence-electron chi connectivity index (χ3n) is 6.23. The van der Waals surface area contributed by atoms with Crippen molar-refractivity contribution in [3.8, 4) is 0 Å². The molecule has 7 nitrogen and oxygen atoms in total. The van der Waals surface area contributed by atoms with Crippen LogP contribution in [0.2, 0.25) is 0 Å². The van der Waals surface area contributed by atoms with Crippen LogP contribution in [0.15, 0.2) is 24.3 Å². The van der Waals surface area contributed by atoms with Gasteiger partial charge in [-0.3, -0.25) is 19.2 Å². The Bertz CT molecular complexity index is 834. The number of rotatable bonds is 6. The number of ketones is 1. The van der Waals surface area contributed by atoms with Crippen LogP contribution in [0.1, 0.15) is 55.5 Å². The monoisotopic (exact) mass is 427 g/mol. The van der Waals surface area contributed by atoms with Crippen molar-refractivity contribution in [2.24, 2.45) is 5.92 Å². The Labute approximate surface area is 184 Å². The lowest BCUT2D eigenvalue weighted by Gasteiger charge is -2.25. The molecule has 0 radical (unpaired) electrons. The van der Waals surface area contributed by atoms with E-state index >= 15 is 0 Å². The van der Waals surface area contributed by atoms with Gasteiger partial charge in [0.05, 0.1) is 5.92 Å². The lowest BCUT2D eigenvalue weighted by Crippen LogP contribution is -2.41. The number of likely N-dealkylation sites (tertiary alicyclic amines) is 1. The summed E-state index contributed by atoms with van der Waals surface area (Å²) >= 11 is 0. The molecule has 3 rings (SSSR count). The fourth-order valence-electron chi connectivity index (χ4n) is 4.30. The largest absolute Gasteiger partial charge is 0.341 e. The highest BCUT2D eigenvalue weighted by atomic mass is 16.2. The van der Waals surface area contributed by atoms with Crippen molar-refractivity contribution in [2.75, 3.05) is 32.7 Å². The van der Waals surface area contributed by atoms with Gasteiger partial charge in [0.2, 0.25) is 17.7 Å². The van der Waals surface area contributed by atoms with Crippen molar-refractivity contribution >= 4 is 23.5 Å². The molecule has 168 valence electrons. The Kier molecular flexibility index (Phi) is 7.46. The first kappa shape index (κ1) is 23.0. The van der Waals surface area contributed by atoms with E-state index in [1.807, 2.05) is 32.9 Å². The molecule has 2 heterocycles. The third-order valence-corrected chi connectivity index (χ3v) is 6.23. The summed E-state index contributed by atoms with van der Waals surface area (Å²) in [7, 11) is 0. The Hall–Kier alpha value is -2.70. The molecule has 1 unspecified atom stereocenters. The van der Waals surface area contributed by atoms with Crippen LogP contribution in [0.25, 0.3) is 0 Å². The second kappa shape index (κ2) is 10.1. The molecule has 7 heteroatoms. The second-order valence-electron chi connectivity index (χ2n) is 8.89. The molecule has 3 amide bonds. The van der Waals surface area contributed by atoms with Crippen molar-refractivity contribution in [1.29, 1.82) is 0 Å². The van der Waals surface area contributed by atoms with Crippen molar-refractivity contribution in [1.82, 2.24) is 14.7 Å². The van der Waals surface area contributed by atoms with Gasteiger partial charge in [0.1, 0.15) is 0 Å². The van der Waals surface area contributed by atoms with Crippen LogP contribution in [0.3, 0.4) is 0 Å². The fourth-order valence-corrected chi connectivity index (χ4v) is 4.30. The smallest absolute Gasteiger partial charge is 0.228 e. The highest BCUT2D eigenvalue weighted by Crippen LogP contribution is 2.23. The van der Waals surface area contributed by atoms with Gasteiger partial charge in [0.25, 0.3) is 0 Å². The van der Waals surface area contributed by atoms with Gasteiger partial charge in [-0.1, -0.05) is 29.8 Å². The molecule has 0 saturated carbocycles. The Balaban J connectivity index is 1.48.